The summed E-state index contributed by atoms with van der Waals surface area (Å²) in [5.74, 6) is -0.792. The van der Waals surface area contributed by atoms with Crippen molar-refractivity contribution in [1.82, 2.24) is 10.2 Å². The molecule has 1 rings (SSSR count). The van der Waals surface area contributed by atoms with Crippen LogP contribution in [0.3, 0.4) is 0 Å². The van der Waals surface area contributed by atoms with Crippen LogP contribution in [0.4, 0.5) is 12.0 Å². The molecule has 0 aliphatic rings. The lowest BCUT2D eigenvalue weighted by Gasteiger charge is -2.09. The minimum absolute atomic E-state index is 0.103. The van der Waals surface area contributed by atoms with E-state index in [-0.39, 0.29) is 17.8 Å². The normalized spacial score (nSPS) is 13.1. The number of sulfone groups is 1. The number of hydrogen-bond donors (Lipinski definition) is 1. The molecular weight excluding hydrogens is 260 g/mol. The number of carbonyl (C=O) groups is 1. The third kappa shape index (κ3) is 3.19. The average Bonchev–Trinajstić information content (AvgIpc) is 2.76. The fourth-order valence-electron chi connectivity index (χ4n) is 1.07. The molecule has 1 amide bonds. The summed E-state index contributed by atoms with van der Waals surface area (Å²) in [5.41, 5.74) is 0. The number of amides is 1. The lowest BCUT2D eigenvalue weighted by Crippen LogP contribution is -2.33. The van der Waals surface area contributed by atoms with Crippen molar-refractivity contribution in [2.24, 2.45) is 0 Å². The predicted molar refractivity (Wildman–Crippen MR) is 66.2 cm³/mol. The molecular formula is C9H16N4O4S. The van der Waals surface area contributed by atoms with Crippen LogP contribution < -0.4 is 10.2 Å². The molecule has 1 N–H and O–H groups in total. The topological polar surface area (TPSA) is 105 Å². The van der Waals surface area contributed by atoms with Crippen LogP contribution in [0.25, 0.3) is 0 Å². The minimum atomic E-state index is -3.44. The van der Waals surface area contributed by atoms with Crippen molar-refractivity contribution in [3.05, 3.63) is 0 Å². The summed E-state index contributed by atoms with van der Waals surface area (Å²) in [5, 5.41) is 8.36. The monoisotopic (exact) mass is 276 g/mol. The standard InChI is InChI=1S/C9H16N4O4S/c1-5-18(15,16)6(2)7(14)10-8-11-12-9(17-8)13(3)4/h6H,5H2,1-4H3,(H,10,11,14). The number of aromatic nitrogens is 2. The molecule has 1 unspecified atom stereocenters. The molecule has 1 heterocycles. The summed E-state index contributed by atoms with van der Waals surface area (Å²) < 4.78 is 28.1. The first-order valence-electron chi connectivity index (χ1n) is 5.31. The second kappa shape index (κ2) is 5.34. The largest absolute Gasteiger partial charge is 0.389 e. The molecule has 8 nitrogen and oxygen atoms in total. The Bertz CT molecular complexity index is 522. The van der Waals surface area contributed by atoms with Crippen LogP contribution in [0.2, 0.25) is 0 Å². The van der Waals surface area contributed by atoms with Crippen LogP contribution >= 0.6 is 0 Å². The van der Waals surface area contributed by atoms with Gasteiger partial charge in [0.2, 0.25) is 5.91 Å². The first kappa shape index (κ1) is 14.4. The van der Waals surface area contributed by atoms with E-state index in [1.807, 2.05) is 0 Å². The SMILES string of the molecule is CCS(=O)(=O)C(C)C(=O)Nc1nnc(N(C)C)o1. The molecule has 1 aromatic rings. The summed E-state index contributed by atoms with van der Waals surface area (Å²) in [4.78, 5) is 13.2. The van der Waals surface area contributed by atoms with Gasteiger partial charge in [0.1, 0.15) is 5.25 Å². The van der Waals surface area contributed by atoms with Crippen molar-refractivity contribution in [2.45, 2.75) is 19.1 Å². The van der Waals surface area contributed by atoms with Gasteiger partial charge >= 0.3 is 12.0 Å². The van der Waals surface area contributed by atoms with E-state index in [9.17, 15) is 13.2 Å². The van der Waals surface area contributed by atoms with Crippen LogP contribution in [-0.2, 0) is 14.6 Å². The van der Waals surface area contributed by atoms with Crippen LogP contribution in [0.5, 0.6) is 0 Å². The van der Waals surface area contributed by atoms with Gasteiger partial charge in [-0.05, 0) is 6.92 Å². The second-order valence-electron chi connectivity index (χ2n) is 3.87. The zero-order valence-corrected chi connectivity index (χ0v) is 11.5. The molecule has 18 heavy (non-hydrogen) atoms. The molecule has 0 aliphatic carbocycles. The Morgan fingerprint density at radius 2 is 2.06 bits per heavy atom. The summed E-state index contributed by atoms with van der Waals surface area (Å²) >= 11 is 0. The van der Waals surface area contributed by atoms with Crippen molar-refractivity contribution in [3.63, 3.8) is 0 Å². The average molecular weight is 276 g/mol. The van der Waals surface area contributed by atoms with Gasteiger partial charge < -0.3 is 9.32 Å². The van der Waals surface area contributed by atoms with Gasteiger partial charge in [-0.25, -0.2) is 8.42 Å². The molecule has 1 atom stereocenters. The van der Waals surface area contributed by atoms with Gasteiger partial charge in [-0.3, -0.25) is 10.1 Å². The molecule has 0 spiro atoms. The predicted octanol–water partition coefficient (Wildman–Crippen LogP) is -0.103. The Hall–Kier alpha value is -1.64. The number of nitrogens with one attached hydrogen (secondary N) is 1. The molecule has 0 fully saturated rings. The lowest BCUT2D eigenvalue weighted by molar-refractivity contribution is -0.115. The third-order valence-corrected chi connectivity index (χ3v) is 4.43. The summed E-state index contributed by atoms with van der Waals surface area (Å²) in [7, 11) is -0.0440. The molecule has 0 saturated heterocycles. The van der Waals surface area contributed by atoms with Crippen molar-refractivity contribution in [1.29, 1.82) is 0 Å². The number of nitrogens with zero attached hydrogens (tertiary/aromatic N) is 3. The molecule has 102 valence electrons. The molecule has 9 heteroatoms. The van der Waals surface area contributed by atoms with Gasteiger partial charge in [-0.2, -0.15) is 0 Å². The quantitative estimate of drug-likeness (QED) is 0.800. The van der Waals surface area contributed by atoms with Crippen molar-refractivity contribution in [2.75, 3.05) is 30.1 Å². The number of carbonyl (C=O) groups excluding carboxylic acids is 1. The number of hydrogen-bond acceptors (Lipinski definition) is 7. The Morgan fingerprint density at radius 3 is 2.50 bits per heavy atom. The fraction of sp³-hybridized carbons (Fsp3) is 0.667. The van der Waals surface area contributed by atoms with Crippen LogP contribution in [-0.4, -0.2) is 49.6 Å². The minimum Gasteiger partial charge on any atom is -0.389 e. The van der Waals surface area contributed by atoms with Gasteiger partial charge in [-0.1, -0.05) is 17.1 Å². The molecule has 0 bridgehead atoms. The highest BCUT2D eigenvalue weighted by molar-refractivity contribution is 7.92. The van der Waals surface area contributed by atoms with Gasteiger partial charge in [-0.15, -0.1) is 0 Å². The Kier molecular flexibility index (Phi) is 4.28. The van der Waals surface area contributed by atoms with Crippen LogP contribution in [0.1, 0.15) is 13.8 Å². The van der Waals surface area contributed by atoms with E-state index in [4.69, 9.17) is 4.42 Å². The van der Waals surface area contributed by atoms with Gasteiger partial charge in [0.25, 0.3) is 0 Å². The van der Waals surface area contributed by atoms with Crippen molar-refractivity contribution < 1.29 is 17.6 Å². The van der Waals surface area contributed by atoms with E-state index in [1.165, 1.54) is 13.8 Å². The molecule has 1 aromatic heterocycles. The maximum atomic E-state index is 11.7. The smallest absolute Gasteiger partial charge is 0.323 e. The first-order valence-corrected chi connectivity index (χ1v) is 7.02. The highest BCUT2D eigenvalue weighted by atomic mass is 32.2. The van der Waals surface area contributed by atoms with Gasteiger partial charge in [0, 0.05) is 19.8 Å². The molecule has 0 saturated carbocycles. The third-order valence-electron chi connectivity index (χ3n) is 2.34. The molecule has 0 radical (unpaired) electrons. The highest BCUT2D eigenvalue weighted by Gasteiger charge is 2.27. The molecule has 0 aliphatic heterocycles. The Morgan fingerprint density at radius 1 is 1.44 bits per heavy atom. The summed E-state index contributed by atoms with van der Waals surface area (Å²) in [6.07, 6.45) is 0. The fourth-order valence-corrected chi connectivity index (χ4v) is 1.95. The zero-order chi connectivity index (χ0) is 13.9. The van der Waals surface area contributed by atoms with Crippen LogP contribution in [0.15, 0.2) is 4.42 Å². The lowest BCUT2D eigenvalue weighted by atomic mass is 10.4. The van der Waals surface area contributed by atoms with Crippen LogP contribution in [0, 0.1) is 0 Å². The van der Waals surface area contributed by atoms with E-state index in [0.29, 0.717) is 0 Å². The maximum absolute atomic E-state index is 11.7. The molecule has 0 aromatic carbocycles. The number of rotatable bonds is 5. The highest BCUT2D eigenvalue weighted by Crippen LogP contribution is 2.13. The van der Waals surface area contributed by atoms with Crippen molar-refractivity contribution in [3.8, 4) is 0 Å². The maximum Gasteiger partial charge on any atom is 0.323 e. The summed E-state index contributed by atoms with van der Waals surface area (Å²) in [6.45, 7) is 2.80. The van der Waals surface area contributed by atoms with Gasteiger partial charge in [0.05, 0.1) is 0 Å². The van der Waals surface area contributed by atoms with Gasteiger partial charge in [0.15, 0.2) is 9.84 Å². The van der Waals surface area contributed by atoms with E-state index in [1.54, 1.807) is 19.0 Å². The second-order valence-corrected chi connectivity index (χ2v) is 6.48. The Balaban J connectivity index is 2.76. The first-order chi connectivity index (χ1) is 8.27. The Labute approximate surface area is 105 Å². The van der Waals surface area contributed by atoms with Crippen molar-refractivity contribution >= 4 is 27.8 Å². The summed E-state index contributed by atoms with van der Waals surface area (Å²) in [6, 6.07) is 0.0955. The zero-order valence-electron chi connectivity index (χ0n) is 10.7. The van der Waals surface area contributed by atoms with E-state index in [0.717, 1.165) is 0 Å². The van der Waals surface area contributed by atoms with E-state index < -0.39 is 21.0 Å². The number of anilines is 2. The van der Waals surface area contributed by atoms with E-state index >= 15 is 0 Å². The van der Waals surface area contributed by atoms with E-state index in [2.05, 4.69) is 15.5 Å².